The Morgan fingerprint density at radius 2 is 2.20 bits per heavy atom. The molecule has 1 unspecified atom stereocenters. The Morgan fingerprint density at radius 1 is 1.70 bits per heavy atom. The zero-order valence-corrected chi connectivity index (χ0v) is 9.61. The van der Waals surface area contributed by atoms with Gasteiger partial charge in [-0.15, -0.1) is 18.2 Å². The highest BCUT2D eigenvalue weighted by Gasteiger charge is 2.08. The minimum atomic E-state index is 0.0772. The maximum absolute atomic E-state index is 5.64. The van der Waals surface area contributed by atoms with Crippen LogP contribution >= 0.6 is 11.6 Å². The van der Waals surface area contributed by atoms with E-state index in [0.29, 0.717) is 5.88 Å². The first kappa shape index (κ1) is 10.2. The second kappa shape index (κ2) is 4.94. The molecule has 0 heterocycles. The first-order valence-corrected chi connectivity index (χ1v) is 4.98. The van der Waals surface area contributed by atoms with E-state index in [1.807, 2.05) is 13.8 Å². The first-order chi connectivity index (χ1) is 4.57. The molecule has 0 fully saturated rings. The number of hydrogen-bond acceptors (Lipinski definition) is 1. The molecule has 0 aliphatic rings. The molecule has 0 aromatic carbocycles. The van der Waals surface area contributed by atoms with Crippen LogP contribution < -0.4 is 0 Å². The van der Waals surface area contributed by atoms with Crippen molar-refractivity contribution in [2.24, 2.45) is 0 Å². The molecule has 0 spiro atoms. The lowest BCUT2D eigenvalue weighted by atomic mass is 10.3. The Kier molecular flexibility index (Phi) is 5.04. The van der Waals surface area contributed by atoms with Crippen molar-refractivity contribution in [2.75, 3.05) is 5.88 Å². The molecule has 10 heavy (non-hydrogen) atoms. The smallest absolute Gasteiger partial charge is 0.0876 e. The summed E-state index contributed by atoms with van der Waals surface area (Å²) < 4.78 is 5.46. The van der Waals surface area contributed by atoms with Gasteiger partial charge in [0.25, 0.3) is 0 Å². The van der Waals surface area contributed by atoms with Crippen LogP contribution in [-0.2, 0) is 4.74 Å². The third-order valence-corrected chi connectivity index (χ3v) is 2.05. The van der Waals surface area contributed by atoms with E-state index in [1.165, 1.54) is 0 Å². The zero-order chi connectivity index (χ0) is 8.15. The summed E-state index contributed by atoms with van der Waals surface area (Å²) >= 11 is 5.64. The van der Waals surface area contributed by atoms with E-state index >= 15 is 0 Å². The predicted octanol–water partition coefficient (Wildman–Crippen LogP) is 0.898. The topological polar surface area (TPSA) is 9.23 Å². The maximum atomic E-state index is 5.64. The van der Waals surface area contributed by atoms with E-state index < -0.39 is 0 Å². The molecule has 0 radical (unpaired) electrons. The summed E-state index contributed by atoms with van der Waals surface area (Å²) in [4.78, 5) is 0. The van der Waals surface area contributed by atoms with Gasteiger partial charge in [-0.25, -0.2) is 0 Å². The van der Waals surface area contributed by atoms with Crippen molar-refractivity contribution < 1.29 is 4.74 Å². The third-order valence-electron chi connectivity index (χ3n) is 1.13. The van der Waals surface area contributed by atoms with Crippen LogP contribution in [0.25, 0.3) is 0 Å². The Balaban J connectivity index is 3.72. The van der Waals surface area contributed by atoms with Gasteiger partial charge >= 0.3 is 0 Å². The molecule has 0 bridgehead atoms. The molecule has 0 aromatic heterocycles. The van der Waals surface area contributed by atoms with Crippen LogP contribution in [0.4, 0.5) is 0 Å². The average molecular weight is 179 g/mol. The SMILES string of the molecule is C=C([SiH3])C(CCl)OC(C)C. The van der Waals surface area contributed by atoms with Crippen LogP contribution in [0.5, 0.6) is 0 Å². The van der Waals surface area contributed by atoms with E-state index in [2.05, 4.69) is 6.58 Å². The highest BCUT2D eigenvalue weighted by atomic mass is 35.5. The van der Waals surface area contributed by atoms with E-state index in [1.54, 1.807) is 0 Å². The van der Waals surface area contributed by atoms with Gasteiger partial charge in [0.05, 0.1) is 18.1 Å². The highest BCUT2D eigenvalue weighted by Crippen LogP contribution is 2.06. The summed E-state index contributed by atoms with van der Waals surface area (Å²) in [5.41, 5.74) is 0. The van der Waals surface area contributed by atoms with Gasteiger partial charge in [0, 0.05) is 10.2 Å². The van der Waals surface area contributed by atoms with Gasteiger partial charge in [-0.3, -0.25) is 0 Å². The molecule has 0 saturated carbocycles. The molecule has 0 aliphatic heterocycles. The molecule has 0 amide bonds. The van der Waals surface area contributed by atoms with Gasteiger partial charge in [0.1, 0.15) is 0 Å². The normalized spacial score (nSPS) is 14.0. The van der Waals surface area contributed by atoms with Gasteiger partial charge in [0.15, 0.2) is 0 Å². The van der Waals surface area contributed by atoms with Crippen molar-refractivity contribution in [1.82, 2.24) is 0 Å². The fraction of sp³-hybridized carbons (Fsp3) is 0.714. The fourth-order valence-electron chi connectivity index (χ4n) is 0.613. The van der Waals surface area contributed by atoms with Crippen molar-refractivity contribution in [2.45, 2.75) is 26.1 Å². The Labute approximate surface area is 70.8 Å². The largest absolute Gasteiger partial charge is 0.370 e. The zero-order valence-electron chi connectivity index (χ0n) is 6.86. The molecule has 0 aliphatic carbocycles. The van der Waals surface area contributed by atoms with E-state index in [9.17, 15) is 0 Å². The van der Waals surface area contributed by atoms with E-state index in [4.69, 9.17) is 16.3 Å². The molecule has 0 rings (SSSR count). The van der Waals surface area contributed by atoms with Gasteiger partial charge in [-0.2, -0.15) is 0 Å². The van der Waals surface area contributed by atoms with E-state index in [0.717, 1.165) is 15.4 Å². The van der Waals surface area contributed by atoms with Gasteiger partial charge in [-0.1, -0.05) is 5.20 Å². The van der Waals surface area contributed by atoms with Crippen molar-refractivity contribution in [3.05, 3.63) is 11.8 Å². The summed E-state index contributed by atoms with van der Waals surface area (Å²) in [7, 11) is 0.963. The molecule has 0 aromatic rings. The molecule has 0 N–H and O–H groups in total. The highest BCUT2D eigenvalue weighted by molar-refractivity contribution is 6.24. The summed E-state index contributed by atoms with van der Waals surface area (Å²) in [5.74, 6) is 0.528. The fourth-order valence-corrected chi connectivity index (χ4v) is 1.55. The number of hydrogen-bond donors (Lipinski definition) is 0. The van der Waals surface area contributed by atoms with Crippen LogP contribution in [0.1, 0.15) is 13.8 Å². The summed E-state index contributed by atoms with van der Waals surface area (Å²) in [5, 5.41) is 1.13. The minimum absolute atomic E-state index is 0.0772. The molecule has 60 valence electrons. The second-order valence-corrected chi connectivity index (χ2v) is 4.27. The molecule has 1 nitrogen and oxygen atoms in total. The van der Waals surface area contributed by atoms with Crippen molar-refractivity contribution >= 4 is 21.8 Å². The number of rotatable bonds is 4. The minimum Gasteiger partial charge on any atom is -0.370 e. The monoisotopic (exact) mass is 178 g/mol. The number of alkyl halides is 1. The summed E-state index contributed by atoms with van der Waals surface area (Å²) in [6.07, 6.45) is 0.322. The lowest BCUT2D eigenvalue weighted by Gasteiger charge is -2.17. The first-order valence-electron chi connectivity index (χ1n) is 3.44. The predicted molar refractivity (Wildman–Crippen MR) is 49.8 cm³/mol. The third kappa shape index (κ3) is 4.09. The summed E-state index contributed by atoms with van der Waals surface area (Å²) in [6, 6.07) is 0. The lowest BCUT2D eigenvalue weighted by Crippen LogP contribution is -2.21. The van der Waals surface area contributed by atoms with Crippen LogP contribution in [0, 0.1) is 0 Å². The van der Waals surface area contributed by atoms with Crippen LogP contribution in [0.3, 0.4) is 0 Å². The second-order valence-electron chi connectivity index (χ2n) is 2.67. The Morgan fingerprint density at radius 3 is 2.30 bits per heavy atom. The quantitative estimate of drug-likeness (QED) is 0.459. The van der Waals surface area contributed by atoms with Crippen molar-refractivity contribution in [3.8, 4) is 0 Å². The number of halogens is 1. The summed E-state index contributed by atoms with van der Waals surface area (Å²) in [6.45, 7) is 7.84. The molecule has 3 heteroatoms. The van der Waals surface area contributed by atoms with Gasteiger partial charge < -0.3 is 4.74 Å². The average Bonchev–Trinajstić information content (AvgIpc) is 1.81. The standard InChI is InChI=1S/C7H15ClOSi/c1-5(2)9-7(4-8)6(3)10/h5,7H,3-4H2,1-2,10H3. The van der Waals surface area contributed by atoms with Gasteiger partial charge in [0.2, 0.25) is 0 Å². The van der Waals surface area contributed by atoms with Crippen LogP contribution in [-0.4, -0.2) is 28.3 Å². The van der Waals surface area contributed by atoms with Crippen LogP contribution in [0.2, 0.25) is 0 Å². The molecule has 1 atom stereocenters. The molecule has 0 saturated heterocycles. The van der Waals surface area contributed by atoms with Crippen molar-refractivity contribution in [3.63, 3.8) is 0 Å². The van der Waals surface area contributed by atoms with E-state index in [-0.39, 0.29) is 12.2 Å². The Bertz CT molecular complexity index is 114. The molecular formula is C7H15ClOSi. The molecular weight excluding hydrogens is 164 g/mol. The lowest BCUT2D eigenvalue weighted by molar-refractivity contribution is 0.0456. The number of ether oxygens (including phenoxy) is 1. The van der Waals surface area contributed by atoms with Crippen molar-refractivity contribution in [1.29, 1.82) is 0 Å². The Hall–Kier alpha value is 0.207. The maximum Gasteiger partial charge on any atom is 0.0876 e. The van der Waals surface area contributed by atoms with Gasteiger partial charge in [-0.05, 0) is 13.8 Å². The van der Waals surface area contributed by atoms with Crippen LogP contribution in [0.15, 0.2) is 11.8 Å².